The van der Waals surface area contributed by atoms with Crippen molar-refractivity contribution in [3.05, 3.63) is 17.9 Å². The molecule has 0 atom stereocenters. The van der Waals surface area contributed by atoms with Crippen LogP contribution in [0.4, 0.5) is 8.78 Å². The van der Waals surface area contributed by atoms with E-state index in [9.17, 15) is 8.78 Å². The van der Waals surface area contributed by atoms with Crippen molar-refractivity contribution in [1.29, 1.82) is 0 Å². The molecule has 0 nitrogen and oxygen atoms in total. The predicted molar refractivity (Wildman–Crippen MR) is 40.3 cm³/mol. The van der Waals surface area contributed by atoms with Crippen molar-refractivity contribution in [3.8, 4) is 0 Å². The molecule has 2 heteroatoms. The molecule has 0 radical (unpaired) electrons. The topological polar surface area (TPSA) is 0 Å². The molecule has 0 spiro atoms. The highest BCUT2D eigenvalue weighted by molar-refractivity contribution is 5.04. The van der Waals surface area contributed by atoms with Crippen LogP contribution in [0.5, 0.6) is 0 Å². The van der Waals surface area contributed by atoms with E-state index >= 15 is 0 Å². The lowest BCUT2D eigenvalue weighted by Crippen LogP contribution is -2.09. The lowest BCUT2D eigenvalue weighted by Gasteiger charge is -2.06. The van der Waals surface area contributed by atoms with Crippen LogP contribution in [0.2, 0.25) is 0 Å². The first-order valence-electron chi connectivity index (χ1n) is 3.23. The van der Waals surface area contributed by atoms with Gasteiger partial charge in [-0.25, -0.2) is 8.78 Å². The van der Waals surface area contributed by atoms with E-state index in [2.05, 4.69) is 12.3 Å². The highest BCUT2D eigenvalue weighted by Crippen LogP contribution is 2.20. The summed E-state index contributed by atoms with van der Waals surface area (Å²) in [6.45, 7) is 9.20. The molecule has 0 N–H and O–H groups in total. The number of alkyl halides is 2. The minimum absolute atomic E-state index is 0.113. The van der Waals surface area contributed by atoms with E-state index in [1.54, 1.807) is 0 Å². The Labute approximate surface area is 61.3 Å². The van der Waals surface area contributed by atoms with Crippen LogP contribution >= 0.6 is 0 Å². The summed E-state index contributed by atoms with van der Waals surface area (Å²) < 4.78 is 24.0. The molecular weight excluding hydrogens is 134 g/mol. The van der Waals surface area contributed by atoms with E-state index in [-0.39, 0.29) is 5.57 Å². The lowest BCUT2D eigenvalue weighted by molar-refractivity contribution is 0.0638. The molecule has 10 heavy (non-hydrogen) atoms. The first-order chi connectivity index (χ1) is 4.48. The van der Waals surface area contributed by atoms with Gasteiger partial charge in [0, 0.05) is 12.5 Å². The van der Waals surface area contributed by atoms with Crippen LogP contribution in [-0.4, -0.2) is 5.92 Å². The maximum atomic E-state index is 12.0. The SMILES string of the molecule is C=C=C(C)C(C)(F)F.CC. The molecule has 0 bridgehead atoms. The van der Waals surface area contributed by atoms with Gasteiger partial charge < -0.3 is 0 Å². The Morgan fingerprint density at radius 1 is 1.40 bits per heavy atom. The van der Waals surface area contributed by atoms with Crippen LogP contribution < -0.4 is 0 Å². The first-order valence-corrected chi connectivity index (χ1v) is 3.23. The van der Waals surface area contributed by atoms with Crippen molar-refractivity contribution in [2.24, 2.45) is 0 Å². The summed E-state index contributed by atoms with van der Waals surface area (Å²) >= 11 is 0. The number of hydrogen-bond donors (Lipinski definition) is 0. The van der Waals surface area contributed by atoms with Crippen molar-refractivity contribution >= 4 is 0 Å². The highest BCUT2D eigenvalue weighted by Gasteiger charge is 2.22. The standard InChI is InChI=1S/C6H8F2.C2H6/c1-4-5(2)6(3,7)8;1-2/h1H2,2-3H3;1-2H3. The lowest BCUT2D eigenvalue weighted by atomic mass is 10.2. The Hall–Kier alpha value is -0.620. The molecule has 0 rings (SSSR count). The second-order valence-corrected chi connectivity index (χ2v) is 1.69. The van der Waals surface area contributed by atoms with Gasteiger partial charge >= 0.3 is 0 Å². The first kappa shape index (κ1) is 12.1. The summed E-state index contributed by atoms with van der Waals surface area (Å²) in [6, 6.07) is 0. The summed E-state index contributed by atoms with van der Waals surface area (Å²) in [5.41, 5.74) is 2.01. The Bertz CT molecular complexity index is 125. The van der Waals surface area contributed by atoms with Crippen LogP contribution in [0.1, 0.15) is 27.7 Å². The molecule has 0 amide bonds. The quantitative estimate of drug-likeness (QED) is 0.500. The van der Waals surface area contributed by atoms with Gasteiger partial charge in [0.15, 0.2) is 0 Å². The van der Waals surface area contributed by atoms with Crippen LogP contribution in [0, 0.1) is 0 Å². The zero-order valence-corrected chi connectivity index (χ0v) is 6.96. The molecule has 0 fully saturated rings. The van der Waals surface area contributed by atoms with Crippen LogP contribution in [0.25, 0.3) is 0 Å². The fourth-order valence-electron chi connectivity index (χ4n) is 0.155. The molecule has 0 aliphatic rings. The molecule has 0 aromatic heterocycles. The van der Waals surface area contributed by atoms with Crippen molar-refractivity contribution in [3.63, 3.8) is 0 Å². The number of allylic oxidation sites excluding steroid dienone is 1. The third kappa shape index (κ3) is 5.52. The molecule has 0 heterocycles. The zero-order chi connectivity index (χ0) is 8.78. The molecule has 0 saturated carbocycles. The second-order valence-electron chi connectivity index (χ2n) is 1.69. The van der Waals surface area contributed by atoms with Gasteiger partial charge in [0.05, 0.1) is 0 Å². The Morgan fingerprint density at radius 3 is 1.70 bits per heavy atom. The number of hydrogen-bond acceptors (Lipinski definition) is 0. The molecule has 0 unspecified atom stereocenters. The Kier molecular flexibility index (Phi) is 6.27. The minimum atomic E-state index is -2.75. The summed E-state index contributed by atoms with van der Waals surface area (Å²) in [7, 11) is 0. The van der Waals surface area contributed by atoms with Crippen molar-refractivity contribution in [1.82, 2.24) is 0 Å². The van der Waals surface area contributed by atoms with Gasteiger partial charge in [-0.3, -0.25) is 0 Å². The molecule has 0 aromatic carbocycles. The predicted octanol–water partition coefficient (Wildman–Crippen LogP) is 3.40. The van der Waals surface area contributed by atoms with E-state index in [1.165, 1.54) is 6.92 Å². The van der Waals surface area contributed by atoms with Gasteiger partial charge in [-0.1, -0.05) is 20.4 Å². The van der Waals surface area contributed by atoms with E-state index in [0.717, 1.165) is 6.92 Å². The zero-order valence-electron chi connectivity index (χ0n) is 6.96. The van der Waals surface area contributed by atoms with Gasteiger partial charge in [0.2, 0.25) is 0 Å². The number of rotatable bonds is 1. The van der Waals surface area contributed by atoms with E-state index in [0.29, 0.717) is 0 Å². The van der Waals surface area contributed by atoms with Crippen molar-refractivity contribution < 1.29 is 8.78 Å². The van der Waals surface area contributed by atoms with Gasteiger partial charge in [0.25, 0.3) is 5.92 Å². The summed E-state index contributed by atoms with van der Waals surface area (Å²) in [5, 5.41) is 0. The largest absolute Gasteiger partial charge is 0.273 e. The van der Waals surface area contributed by atoms with E-state index in [1.807, 2.05) is 13.8 Å². The van der Waals surface area contributed by atoms with Gasteiger partial charge in [-0.2, -0.15) is 0 Å². The van der Waals surface area contributed by atoms with Crippen molar-refractivity contribution in [2.45, 2.75) is 33.6 Å². The highest BCUT2D eigenvalue weighted by atomic mass is 19.3. The second kappa shape index (κ2) is 5.19. The Morgan fingerprint density at radius 2 is 1.70 bits per heavy atom. The van der Waals surface area contributed by atoms with E-state index < -0.39 is 5.92 Å². The smallest absolute Gasteiger partial charge is 0.201 e. The normalized spacial score (nSPS) is 9.00. The van der Waals surface area contributed by atoms with Crippen LogP contribution in [0.3, 0.4) is 0 Å². The maximum Gasteiger partial charge on any atom is 0.273 e. The third-order valence-electron chi connectivity index (χ3n) is 0.924. The minimum Gasteiger partial charge on any atom is -0.201 e. The average Bonchev–Trinajstić information content (AvgIpc) is 1.89. The van der Waals surface area contributed by atoms with Gasteiger partial charge in [-0.15, -0.1) is 5.73 Å². The van der Waals surface area contributed by atoms with Crippen LogP contribution in [-0.2, 0) is 0 Å². The average molecular weight is 148 g/mol. The number of halogens is 2. The fourth-order valence-corrected chi connectivity index (χ4v) is 0.155. The summed E-state index contributed by atoms with van der Waals surface area (Å²) in [5.74, 6) is -2.75. The molecule has 0 aliphatic heterocycles. The Balaban J connectivity index is 0. The molecule has 0 aromatic rings. The molecule has 0 saturated heterocycles. The van der Waals surface area contributed by atoms with Crippen molar-refractivity contribution in [2.75, 3.05) is 0 Å². The molecule has 60 valence electrons. The molecule has 0 aliphatic carbocycles. The maximum absolute atomic E-state index is 12.0. The van der Waals surface area contributed by atoms with Crippen LogP contribution in [0.15, 0.2) is 17.9 Å². The molecular formula is C8H14F2. The van der Waals surface area contributed by atoms with Gasteiger partial charge in [-0.05, 0) is 6.92 Å². The fraction of sp³-hybridized carbons (Fsp3) is 0.625. The van der Waals surface area contributed by atoms with E-state index in [4.69, 9.17) is 0 Å². The monoisotopic (exact) mass is 148 g/mol. The van der Waals surface area contributed by atoms with Gasteiger partial charge in [0.1, 0.15) is 0 Å². The third-order valence-corrected chi connectivity index (χ3v) is 0.924. The summed E-state index contributed by atoms with van der Waals surface area (Å²) in [6.07, 6.45) is 0. The summed E-state index contributed by atoms with van der Waals surface area (Å²) in [4.78, 5) is 0.